The molecule has 0 amide bonds. The van der Waals surface area contributed by atoms with E-state index in [0.717, 1.165) is 32.5 Å². The number of ether oxygens (including phenoxy) is 1. The van der Waals surface area contributed by atoms with Crippen LogP contribution >= 0.6 is 17.0 Å². The first kappa shape index (κ1) is 16.2. The van der Waals surface area contributed by atoms with Crippen molar-refractivity contribution in [3.8, 4) is 0 Å². The van der Waals surface area contributed by atoms with Crippen molar-refractivity contribution < 1.29 is 9.53 Å². The molecule has 0 radical (unpaired) electrons. The van der Waals surface area contributed by atoms with Crippen LogP contribution in [0.2, 0.25) is 0 Å². The fraction of sp³-hybridized carbons (Fsp3) is 0.533. The lowest BCUT2D eigenvalue weighted by Gasteiger charge is -2.31. The van der Waals surface area contributed by atoms with E-state index >= 15 is 0 Å². The zero-order valence-electron chi connectivity index (χ0n) is 11.4. The summed E-state index contributed by atoms with van der Waals surface area (Å²) < 4.78 is 5.11. The first-order valence-corrected chi connectivity index (χ1v) is 6.72. The zero-order valence-corrected chi connectivity index (χ0v) is 13.1. The molecule has 106 valence electrons. The standard InChI is InChI=1S/C15H21NO2.BrH/c1-2-18-15(17)14-9-6-10-16(12-14)11-13-7-4-3-5-8-13;/h3-5,7-8,14H,2,6,9-12H2,1H3;1H. The van der Waals surface area contributed by atoms with Crippen molar-refractivity contribution in [3.63, 3.8) is 0 Å². The summed E-state index contributed by atoms with van der Waals surface area (Å²) in [6.45, 7) is 5.17. The van der Waals surface area contributed by atoms with E-state index in [1.165, 1.54) is 5.56 Å². The molecular weight excluding hydrogens is 306 g/mol. The highest BCUT2D eigenvalue weighted by Crippen LogP contribution is 2.19. The number of likely N-dealkylation sites (tertiary alicyclic amines) is 1. The predicted molar refractivity (Wildman–Crippen MR) is 81.4 cm³/mol. The summed E-state index contributed by atoms with van der Waals surface area (Å²) in [5, 5.41) is 0. The normalized spacial score (nSPS) is 19.5. The molecule has 0 aromatic heterocycles. The van der Waals surface area contributed by atoms with Gasteiger partial charge in [0.05, 0.1) is 12.5 Å². The monoisotopic (exact) mass is 327 g/mol. The van der Waals surface area contributed by atoms with E-state index < -0.39 is 0 Å². The second kappa shape index (κ2) is 8.33. The summed E-state index contributed by atoms with van der Waals surface area (Å²) in [6, 6.07) is 10.4. The van der Waals surface area contributed by atoms with Crippen molar-refractivity contribution in [2.45, 2.75) is 26.3 Å². The van der Waals surface area contributed by atoms with Crippen LogP contribution in [0.4, 0.5) is 0 Å². The van der Waals surface area contributed by atoms with E-state index in [2.05, 4.69) is 29.2 Å². The van der Waals surface area contributed by atoms with Crippen LogP contribution in [-0.2, 0) is 16.1 Å². The minimum absolute atomic E-state index is 0. The molecule has 0 saturated carbocycles. The number of rotatable bonds is 4. The highest BCUT2D eigenvalue weighted by atomic mass is 79.9. The van der Waals surface area contributed by atoms with Crippen LogP contribution in [0, 0.1) is 5.92 Å². The molecule has 4 heteroatoms. The number of carbonyl (C=O) groups excluding carboxylic acids is 1. The summed E-state index contributed by atoms with van der Waals surface area (Å²) in [7, 11) is 0. The lowest BCUT2D eigenvalue weighted by atomic mass is 9.98. The molecule has 1 unspecified atom stereocenters. The molecule has 3 nitrogen and oxygen atoms in total. The SMILES string of the molecule is Br.CCOC(=O)C1CCCN(Cc2ccccc2)C1. The van der Waals surface area contributed by atoms with Gasteiger partial charge < -0.3 is 4.74 Å². The van der Waals surface area contributed by atoms with Crippen LogP contribution in [0.25, 0.3) is 0 Å². The number of halogens is 1. The van der Waals surface area contributed by atoms with Gasteiger partial charge in [-0.15, -0.1) is 17.0 Å². The highest BCUT2D eigenvalue weighted by Gasteiger charge is 2.26. The van der Waals surface area contributed by atoms with Gasteiger partial charge in [-0.3, -0.25) is 9.69 Å². The van der Waals surface area contributed by atoms with Crippen molar-refractivity contribution >= 4 is 23.0 Å². The molecular formula is C15H22BrNO2. The fourth-order valence-electron chi connectivity index (χ4n) is 2.49. The van der Waals surface area contributed by atoms with Crippen molar-refractivity contribution in [1.82, 2.24) is 4.90 Å². The maximum absolute atomic E-state index is 11.7. The number of piperidine rings is 1. The highest BCUT2D eigenvalue weighted by molar-refractivity contribution is 8.93. The third-order valence-electron chi connectivity index (χ3n) is 3.37. The first-order chi connectivity index (χ1) is 8.79. The molecule has 0 aliphatic carbocycles. The maximum atomic E-state index is 11.7. The van der Waals surface area contributed by atoms with Gasteiger partial charge in [0, 0.05) is 13.1 Å². The van der Waals surface area contributed by atoms with Crippen LogP contribution in [-0.4, -0.2) is 30.6 Å². The lowest BCUT2D eigenvalue weighted by Crippen LogP contribution is -2.38. The predicted octanol–water partition coefficient (Wildman–Crippen LogP) is 3.04. The molecule has 2 rings (SSSR count). The van der Waals surface area contributed by atoms with Gasteiger partial charge in [0.1, 0.15) is 0 Å². The molecule has 1 aliphatic rings. The Hall–Kier alpha value is -0.870. The van der Waals surface area contributed by atoms with E-state index in [0.29, 0.717) is 6.61 Å². The minimum atomic E-state index is -0.0322. The van der Waals surface area contributed by atoms with Crippen molar-refractivity contribution in [2.24, 2.45) is 5.92 Å². The van der Waals surface area contributed by atoms with Crippen LogP contribution in [0.3, 0.4) is 0 Å². The number of nitrogens with zero attached hydrogens (tertiary/aromatic N) is 1. The minimum Gasteiger partial charge on any atom is -0.466 e. The third-order valence-corrected chi connectivity index (χ3v) is 3.37. The summed E-state index contributed by atoms with van der Waals surface area (Å²) in [4.78, 5) is 14.1. The van der Waals surface area contributed by atoms with Crippen LogP contribution in [0.15, 0.2) is 30.3 Å². The van der Waals surface area contributed by atoms with Crippen molar-refractivity contribution in [1.29, 1.82) is 0 Å². The number of hydrogen-bond donors (Lipinski definition) is 0. The average Bonchev–Trinajstić information content (AvgIpc) is 2.40. The van der Waals surface area contributed by atoms with Gasteiger partial charge in [0.25, 0.3) is 0 Å². The second-order valence-corrected chi connectivity index (χ2v) is 4.81. The van der Waals surface area contributed by atoms with Crippen LogP contribution in [0.1, 0.15) is 25.3 Å². The van der Waals surface area contributed by atoms with Crippen LogP contribution in [0.5, 0.6) is 0 Å². The molecule has 0 N–H and O–H groups in total. The second-order valence-electron chi connectivity index (χ2n) is 4.81. The van der Waals surface area contributed by atoms with E-state index in [4.69, 9.17) is 4.74 Å². The molecule has 0 bridgehead atoms. The Bertz CT molecular complexity index is 383. The van der Waals surface area contributed by atoms with Gasteiger partial charge in [-0.2, -0.15) is 0 Å². The Balaban J connectivity index is 0.00000180. The average molecular weight is 328 g/mol. The van der Waals surface area contributed by atoms with E-state index in [1.54, 1.807) is 0 Å². The number of carbonyl (C=O) groups is 1. The van der Waals surface area contributed by atoms with Gasteiger partial charge in [-0.1, -0.05) is 30.3 Å². The van der Waals surface area contributed by atoms with Gasteiger partial charge in [-0.25, -0.2) is 0 Å². The molecule has 19 heavy (non-hydrogen) atoms. The van der Waals surface area contributed by atoms with Gasteiger partial charge in [-0.05, 0) is 31.9 Å². The Labute approximate surface area is 125 Å². The molecule has 1 aliphatic heterocycles. The number of benzene rings is 1. The topological polar surface area (TPSA) is 29.5 Å². The van der Waals surface area contributed by atoms with Crippen LogP contribution < -0.4 is 0 Å². The molecule has 1 heterocycles. The summed E-state index contributed by atoms with van der Waals surface area (Å²) in [5.41, 5.74) is 1.31. The summed E-state index contributed by atoms with van der Waals surface area (Å²) in [5.74, 6) is 0.0256. The third kappa shape index (κ3) is 4.96. The molecule has 0 spiro atoms. The molecule has 1 saturated heterocycles. The quantitative estimate of drug-likeness (QED) is 0.796. The summed E-state index contributed by atoms with van der Waals surface area (Å²) in [6.07, 6.45) is 2.04. The van der Waals surface area contributed by atoms with Gasteiger partial charge >= 0.3 is 5.97 Å². The molecule has 1 aromatic carbocycles. The molecule has 1 atom stereocenters. The number of esters is 1. The molecule has 1 fully saturated rings. The number of hydrogen-bond acceptors (Lipinski definition) is 3. The lowest BCUT2D eigenvalue weighted by molar-refractivity contribution is -0.150. The Kier molecular flexibility index (Phi) is 7.10. The van der Waals surface area contributed by atoms with Gasteiger partial charge in [0.15, 0.2) is 0 Å². The van der Waals surface area contributed by atoms with Crippen molar-refractivity contribution in [2.75, 3.05) is 19.7 Å². The Morgan fingerprint density at radius 3 is 2.79 bits per heavy atom. The fourth-order valence-corrected chi connectivity index (χ4v) is 2.49. The maximum Gasteiger partial charge on any atom is 0.310 e. The van der Waals surface area contributed by atoms with Gasteiger partial charge in [0.2, 0.25) is 0 Å². The molecule has 1 aromatic rings. The smallest absolute Gasteiger partial charge is 0.310 e. The van der Waals surface area contributed by atoms with Crippen molar-refractivity contribution in [3.05, 3.63) is 35.9 Å². The first-order valence-electron chi connectivity index (χ1n) is 6.72. The largest absolute Gasteiger partial charge is 0.466 e. The Morgan fingerprint density at radius 1 is 1.37 bits per heavy atom. The summed E-state index contributed by atoms with van der Waals surface area (Å²) >= 11 is 0. The van der Waals surface area contributed by atoms with E-state index in [1.807, 2.05) is 13.0 Å². The Morgan fingerprint density at radius 2 is 2.11 bits per heavy atom. The zero-order chi connectivity index (χ0) is 12.8. The van der Waals surface area contributed by atoms with E-state index in [9.17, 15) is 4.79 Å². The van der Waals surface area contributed by atoms with E-state index in [-0.39, 0.29) is 28.9 Å².